The first-order chi connectivity index (χ1) is 3.29. The normalized spacial score (nSPS) is 30.4. The van der Waals surface area contributed by atoms with Crippen LogP contribution in [0, 0.1) is 0 Å². The van der Waals surface area contributed by atoms with E-state index in [1.165, 1.54) is 11.8 Å². The zero-order chi connectivity index (χ0) is 5.28. The van der Waals surface area contributed by atoms with Crippen LogP contribution in [0.2, 0.25) is 0 Å². The number of thiol groups is 1. The standard InChI is InChI=1S/C3H5NOS2/c5-2-1-7-3(6)4-2/h3,6H,1H2,(H,4,5). The fraction of sp³-hybridized carbons (Fsp3) is 0.667. The highest BCUT2D eigenvalue weighted by molar-refractivity contribution is 8.11. The van der Waals surface area contributed by atoms with E-state index in [4.69, 9.17) is 0 Å². The first-order valence-electron chi connectivity index (χ1n) is 1.88. The molecule has 1 aliphatic heterocycles. The molecule has 1 heterocycles. The molecule has 1 unspecified atom stereocenters. The molecule has 1 atom stereocenters. The Morgan fingerprint density at radius 2 is 2.71 bits per heavy atom. The Labute approximate surface area is 51.5 Å². The van der Waals surface area contributed by atoms with E-state index >= 15 is 0 Å². The van der Waals surface area contributed by atoms with Gasteiger partial charge >= 0.3 is 0 Å². The molecule has 1 aliphatic rings. The van der Waals surface area contributed by atoms with Gasteiger partial charge in [0.1, 0.15) is 4.71 Å². The molecule has 0 radical (unpaired) electrons. The SMILES string of the molecule is O=C1CSC(S)N1. The summed E-state index contributed by atoms with van der Waals surface area (Å²) in [5, 5.41) is 2.60. The van der Waals surface area contributed by atoms with Crippen molar-refractivity contribution in [3.8, 4) is 0 Å². The molecule has 1 fully saturated rings. The van der Waals surface area contributed by atoms with Gasteiger partial charge in [0.25, 0.3) is 0 Å². The highest BCUT2D eigenvalue weighted by Gasteiger charge is 2.16. The molecule has 0 saturated carbocycles. The van der Waals surface area contributed by atoms with Crippen LogP contribution in [0.15, 0.2) is 0 Å². The Hall–Kier alpha value is 0.170. The summed E-state index contributed by atoms with van der Waals surface area (Å²) in [6, 6.07) is 0. The molecule has 4 heteroatoms. The third kappa shape index (κ3) is 1.28. The van der Waals surface area contributed by atoms with Crippen molar-refractivity contribution in [2.24, 2.45) is 0 Å². The first-order valence-corrected chi connectivity index (χ1v) is 3.44. The van der Waals surface area contributed by atoms with E-state index in [1.54, 1.807) is 0 Å². The zero-order valence-corrected chi connectivity index (χ0v) is 5.26. The van der Waals surface area contributed by atoms with E-state index < -0.39 is 0 Å². The van der Waals surface area contributed by atoms with Crippen molar-refractivity contribution in [2.45, 2.75) is 4.71 Å². The molecule has 0 bridgehead atoms. The van der Waals surface area contributed by atoms with Gasteiger partial charge < -0.3 is 5.32 Å². The van der Waals surface area contributed by atoms with Gasteiger partial charge in [0.05, 0.1) is 5.75 Å². The molecule has 1 rings (SSSR count). The molecule has 0 spiro atoms. The second kappa shape index (κ2) is 1.96. The van der Waals surface area contributed by atoms with E-state index in [0.717, 1.165) is 0 Å². The van der Waals surface area contributed by atoms with Crippen LogP contribution >= 0.6 is 24.4 Å². The van der Waals surface area contributed by atoms with E-state index in [9.17, 15) is 4.79 Å². The van der Waals surface area contributed by atoms with Gasteiger partial charge in [0.15, 0.2) is 0 Å². The van der Waals surface area contributed by atoms with Crippen LogP contribution in [0.5, 0.6) is 0 Å². The van der Waals surface area contributed by atoms with Gasteiger partial charge in [-0.05, 0) is 0 Å². The number of carbonyl (C=O) groups excluding carboxylic acids is 1. The Morgan fingerprint density at radius 3 is 2.86 bits per heavy atom. The molecule has 1 amide bonds. The Morgan fingerprint density at radius 1 is 2.00 bits per heavy atom. The van der Waals surface area contributed by atoms with Crippen molar-refractivity contribution in [3.63, 3.8) is 0 Å². The first kappa shape index (κ1) is 5.31. The van der Waals surface area contributed by atoms with Gasteiger partial charge in [-0.2, -0.15) is 0 Å². The van der Waals surface area contributed by atoms with E-state index in [2.05, 4.69) is 17.9 Å². The number of rotatable bonds is 0. The fourth-order valence-corrected chi connectivity index (χ4v) is 1.35. The van der Waals surface area contributed by atoms with Gasteiger partial charge in [0.2, 0.25) is 5.91 Å². The predicted molar refractivity (Wildman–Crippen MR) is 33.4 cm³/mol. The van der Waals surface area contributed by atoms with Crippen LogP contribution in [0.1, 0.15) is 0 Å². The molecule has 0 aromatic rings. The van der Waals surface area contributed by atoms with Crippen LogP contribution in [-0.2, 0) is 4.79 Å². The van der Waals surface area contributed by atoms with E-state index in [1.807, 2.05) is 0 Å². The van der Waals surface area contributed by atoms with Gasteiger partial charge in [-0.25, -0.2) is 0 Å². The van der Waals surface area contributed by atoms with Crippen LogP contribution in [-0.4, -0.2) is 16.4 Å². The molecular formula is C3H5NOS2. The van der Waals surface area contributed by atoms with Crippen LogP contribution in [0.3, 0.4) is 0 Å². The highest BCUT2D eigenvalue weighted by Crippen LogP contribution is 2.16. The number of hydrogen-bond acceptors (Lipinski definition) is 3. The quantitative estimate of drug-likeness (QED) is 0.460. The topological polar surface area (TPSA) is 29.1 Å². The van der Waals surface area contributed by atoms with Crippen molar-refractivity contribution in [1.82, 2.24) is 5.32 Å². The molecule has 0 aromatic heterocycles. The summed E-state index contributed by atoms with van der Waals surface area (Å²) < 4.78 is 0.0347. The van der Waals surface area contributed by atoms with Crippen molar-refractivity contribution in [1.29, 1.82) is 0 Å². The molecule has 1 saturated heterocycles. The van der Waals surface area contributed by atoms with E-state index in [-0.39, 0.29) is 10.6 Å². The number of thioether (sulfide) groups is 1. The summed E-state index contributed by atoms with van der Waals surface area (Å²) in [6.07, 6.45) is 0. The monoisotopic (exact) mass is 135 g/mol. The summed E-state index contributed by atoms with van der Waals surface area (Å²) in [4.78, 5) is 10.3. The minimum Gasteiger partial charge on any atom is -0.335 e. The lowest BCUT2D eigenvalue weighted by Gasteiger charge is -1.93. The summed E-state index contributed by atoms with van der Waals surface area (Å²) >= 11 is 5.49. The van der Waals surface area contributed by atoms with Gasteiger partial charge in [-0.1, -0.05) is 0 Å². The summed E-state index contributed by atoms with van der Waals surface area (Å²) in [6.45, 7) is 0. The van der Waals surface area contributed by atoms with Gasteiger partial charge in [-0.15, -0.1) is 24.4 Å². The van der Waals surface area contributed by atoms with Crippen LogP contribution in [0.4, 0.5) is 0 Å². The molecule has 0 aliphatic carbocycles. The minimum absolute atomic E-state index is 0.0347. The average molecular weight is 135 g/mol. The lowest BCUT2D eigenvalue weighted by molar-refractivity contribution is -0.117. The maximum atomic E-state index is 10.3. The third-order valence-corrected chi connectivity index (χ3v) is 2.10. The Bertz CT molecular complexity index is 94.9. The summed E-state index contributed by atoms with van der Waals surface area (Å²) in [5.41, 5.74) is 0. The second-order valence-corrected chi connectivity index (χ2v) is 3.19. The van der Waals surface area contributed by atoms with Crippen molar-refractivity contribution in [2.75, 3.05) is 5.75 Å². The number of carbonyl (C=O) groups is 1. The largest absolute Gasteiger partial charge is 0.335 e. The molecule has 7 heavy (non-hydrogen) atoms. The van der Waals surface area contributed by atoms with Crippen LogP contribution < -0.4 is 5.32 Å². The van der Waals surface area contributed by atoms with Crippen molar-refractivity contribution in [3.05, 3.63) is 0 Å². The summed E-state index contributed by atoms with van der Waals surface area (Å²) in [5.74, 6) is 0.652. The average Bonchev–Trinajstić information content (AvgIpc) is 1.87. The third-order valence-electron chi connectivity index (χ3n) is 0.657. The van der Waals surface area contributed by atoms with Crippen molar-refractivity contribution >= 4 is 30.3 Å². The lowest BCUT2D eigenvalue weighted by atomic mass is 10.7. The summed E-state index contributed by atoms with van der Waals surface area (Å²) in [7, 11) is 0. The fourth-order valence-electron chi connectivity index (χ4n) is 0.376. The Kier molecular flexibility index (Phi) is 1.49. The zero-order valence-electron chi connectivity index (χ0n) is 3.55. The molecule has 1 N–H and O–H groups in total. The van der Waals surface area contributed by atoms with Gasteiger partial charge in [-0.3, -0.25) is 4.79 Å². The van der Waals surface area contributed by atoms with Crippen LogP contribution in [0.25, 0.3) is 0 Å². The molecule has 40 valence electrons. The van der Waals surface area contributed by atoms with Crippen molar-refractivity contribution < 1.29 is 4.79 Å². The van der Waals surface area contributed by atoms with Gasteiger partial charge in [0, 0.05) is 0 Å². The molecule has 0 aromatic carbocycles. The minimum atomic E-state index is 0.0347. The number of nitrogens with one attached hydrogen (secondary N) is 1. The number of amides is 1. The number of hydrogen-bond donors (Lipinski definition) is 2. The molecule has 2 nitrogen and oxygen atoms in total. The smallest absolute Gasteiger partial charge is 0.231 e. The predicted octanol–water partition coefficient (Wildman–Crippen LogP) is 0.0628. The highest BCUT2D eigenvalue weighted by atomic mass is 32.2. The maximum absolute atomic E-state index is 10.3. The second-order valence-electron chi connectivity index (χ2n) is 1.23. The Balaban J connectivity index is 2.40. The molecular weight excluding hydrogens is 130 g/mol. The maximum Gasteiger partial charge on any atom is 0.231 e. The lowest BCUT2D eigenvalue weighted by Crippen LogP contribution is -2.19. The van der Waals surface area contributed by atoms with E-state index in [0.29, 0.717) is 5.75 Å².